The molecule has 0 saturated carbocycles. The maximum Gasteiger partial charge on any atom is 0.331 e. The predicted octanol–water partition coefficient (Wildman–Crippen LogP) is 2.73. The van der Waals surface area contributed by atoms with Crippen LogP contribution in [0.5, 0.6) is 5.75 Å². The highest BCUT2D eigenvalue weighted by Gasteiger charge is 2.44. The molecule has 0 bridgehead atoms. The topological polar surface area (TPSA) is 84.9 Å². The van der Waals surface area contributed by atoms with E-state index in [1.807, 2.05) is 37.3 Å². The van der Waals surface area contributed by atoms with Crippen molar-refractivity contribution in [2.24, 2.45) is 0 Å². The lowest BCUT2D eigenvalue weighted by Crippen LogP contribution is -2.55. The molecule has 0 aromatic heterocycles. The highest BCUT2D eigenvalue weighted by atomic mass is 16.5. The molecule has 1 saturated heterocycles. The molecule has 1 unspecified atom stereocenters. The highest BCUT2D eigenvalue weighted by molar-refractivity contribution is 5.99. The third-order valence-corrected chi connectivity index (χ3v) is 4.41. The van der Waals surface area contributed by atoms with E-state index in [4.69, 9.17) is 9.47 Å². The Kier molecular flexibility index (Phi) is 5.23. The molecule has 2 N–H and O–H groups in total. The van der Waals surface area contributed by atoms with Gasteiger partial charge in [-0.15, -0.1) is 0 Å². The Morgan fingerprint density at radius 3 is 2.73 bits per heavy atom. The van der Waals surface area contributed by atoms with E-state index < -0.39 is 17.4 Å². The number of nitrogens with one attached hydrogen (secondary N) is 1. The van der Waals surface area contributed by atoms with Crippen molar-refractivity contribution in [2.45, 2.75) is 18.9 Å². The minimum Gasteiger partial charge on any atom is -0.493 e. The van der Waals surface area contributed by atoms with Crippen molar-refractivity contribution in [3.63, 3.8) is 0 Å². The summed E-state index contributed by atoms with van der Waals surface area (Å²) < 4.78 is 10.8. The van der Waals surface area contributed by atoms with Gasteiger partial charge >= 0.3 is 5.97 Å². The number of hydrogen-bond donors (Lipinski definition) is 2. The zero-order valence-electron chi connectivity index (χ0n) is 14.5. The van der Waals surface area contributed by atoms with Gasteiger partial charge in [0.15, 0.2) is 5.54 Å². The van der Waals surface area contributed by atoms with Crippen molar-refractivity contribution < 1.29 is 24.2 Å². The molecule has 0 aliphatic carbocycles. The zero-order chi connectivity index (χ0) is 18.6. The van der Waals surface area contributed by atoms with Gasteiger partial charge in [0.1, 0.15) is 5.75 Å². The van der Waals surface area contributed by atoms with Crippen LogP contribution in [0.15, 0.2) is 48.5 Å². The summed E-state index contributed by atoms with van der Waals surface area (Å²) in [6, 6.07) is 14.6. The smallest absolute Gasteiger partial charge is 0.331 e. The van der Waals surface area contributed by atoms with Gasteiger partial charge in [-0.25, -0.2) is 4.79 Å². The SMILES string of the molecule is CCOc1ccccc1-c1cccc(C(=O)NC2(C(=O)O)CCOC2)c1. The van der Waals surface area contributed by atoms with E-state index in [0.29, 0.717) is 18.8 Å². The van der Waals surface area contributed by atoms with Crippen molar-refractivity contribution >= 4 is 11.9 Å². The summed E-state index contributed by atoms with van der Waals surface area (Å²) in [5, 5.41) is 12.1. The quantitative estimate of drug-likeness (QED) is 0.832. The molecular formula is C20H21NO5. The van der Waals surface area contributed by atoms with Crippen molar-refractivity contribution in [1.29, 1.82) is 0 Å². The first-order chi connectivity index (χ1) is 12.6. The summed E-state index contributed by atoms with van der Waals surface area (Å²) in [5.74, 6) is -0.784. The van der Waals surface area contributed by atoms with E-state index in [1.165, 1.54) is 0 Å². The number of rotatable bonds is 6. The first-order valence-electron chi connectivity index (χ1n) is 8.51. The molecule has 26 heavy (non-hydrogen) atoms. The van der Waals surface area contributed by atoms with E-state index >= 15 is 0 Å². The molecule has 1 atom stereocenters. The van der Waals surface area contributed by atoms with E-state index in [0.717, 1.165) is 16.9 Å². The van der Waals surface area contributed by atoms with Crippen LogP contribution in [0.3, 0.4) is 0 Å². The van der Waals surface area contributed by atoms with Gasteiger partial charge in [0.05, 0.1) is 13.2 Å². The number of carboxylic acid groups (broad SMARTS) is 1. The minimum absolute atomic E-state index is 0.0268. The van der Waals surface area contributed by atoms with Gasteiger partial charge in [0, 0.05) is 24.2 Å². The molecule has 6 heteroatoms. The van der Waals surface area contributed by atoms with Crippen molar-refractivity contribution in [3.05, 3.63) is 54.1 Å². The van der Waals surface area contributed by atoms with Gasteiger partial charge in [0.2, 0.25) is 0 Å². The molecule has 3 rings (SSSR count). The first kappa shape index (κ1) is 17.9. The fourth-order valence-electron chi connectivity index (χ4n) is 2.99. The van der Waals surface area contributed by atoms with E-state index in [-0.39, 0.29) is 13.0 Å². The summed E-state index contributed by atoms with van der Waals surface area (Å²) in [6.07, 6.45) is 0.251. The Morgan fingerprint density at radius 1 is 1.23 bits per heavy atom. The van der Waals surface area contributed by atoms with Crippen molar-refractivity contribution in [2.75, 3.05) is 19.8 Å². The van der Waals surface area contributed by atoms with Gasteiger partial charge < -0.3 is 19.9 Å². The Morgan fingerprint density at radius 2 is 2.04 bits per heavy atom. The Hall–Kier alpha value is -2.86. The molecule has 1 aliphatic rings. The maximum atomic E-state index is 12.6. The largest absolute Gasteiger partial charge is 0.493 e. The third-order valence-electron chi connectivity index (χ3n) is 4.41. The summed E-state index contributed by atoms with van der Waals surface area (Å²) in [6.45, 7) is 2.74. The number of amides is 1. The van der Waals surface area contributed by atoms with Gasteiger partial charge in [0.25, 0.3) is 5.91 Å². The lowest BCUT2D eigenvalue weighted by Gasteiger charge is -2.23. The van der Waals surface area contributed by atoms with Crippen LogP contribution < -0.4 is 10.1 Å². The molecule has 1 fully saturated rings. The predicted molar refractivity (Wildman–Crippen MR) is 96.3 cm³/mol. The van der Waals surface area contributed by atoms with E-state index in [1.54, 1.807) is 18.2 Å². The number of carbonyl (C=O) groups excluding carboxylic acids is 1. The summed E-state index contributed by atoms with van der Waals surface area (Å²) in [4.78, 5) is 24.2. The monoisotopic (exact) mass is 355 g/mol. The van der Waals surface area contributed by atoms with Crippen LogP contribution in [-0.2, 0) is 9.53 Å². The second kappa shape index (κ2) is 7.58. The van der Waals surface area contributed by atoms with Crippen LogP contribution >= 0.6 is 0 Å². The van der Waals surface area contributed by atoms with Crippen LogP contribution in [0.2, 0.25) is 0 Å². The first-order valence-corrected chi connectivity index (χ1v) is 8.51. The second-order valence-electron chi connectivity index (χ2n) is 6.15. The Balaban J connectivity index is 1.88. The molecule has 1 aliphatic heterocycles. The maximum absolute atomic E-state index is 12.6. The van der Waals surface area contributed by atoms with Gasteiger partial charge in [-0.3, -0.25) is 4.79 Å². The molecule has 0 radical (unpaired) electrons. The molecule has 0 spiro atoms. The number of para-hydroxylation sites is 1. The fourth-order valence-corrected chi connectivity index (χ4v) is 2.99. The van der Waals surface area contributed by atoms with Crippen molar-refractivity contribution in [3.8, 4) is 16.9 Å². The van der Waals surface area contributed by atoms with Crippen molar-refractivity contribution in [1.82, 2.24) is 5.32 Å². The number of aliphatic carboxylic acids is 1. The van der Waals surface area contributed by atoms with E-state index in [2.05, 4.69) is 5.32 Å². The number of ether oxygens (including phenoxy) is 2. The van der Waals surface area contributed by atoms with Crippen LogP contribution in [0.25, 0.3) is 11.1 Å². The molecule has 136 valence electrons. The molecule has 1 amide bonds. The lowest BCUT2D eigenvalue weighted by atomic mass is 9.97. The number of hydrogen-bond acceptors (Lipinski definition) is 4. The third kappa shape index (κ3) is 3.55. The molecule has 2 aromatic carbocycles. The summed E-state index contributed by atoms with van der Waals surface area (Å²) in [5.41, 5.74) is 0.729. The Bertz CT molecular complexity index is 811. The molecule has 2 aromatic rings. The van der Waals surface area contributed by atoms with Gasteiger partial charge in [-0.2, -0.15) is 0 Å². The lowest BCUT2D eigenvalue weighted by molar-refractivity contribution is -0.144. The molecule has 6 nitrogen and oxygen atoms in total. The summed E-state index contributed by atoms with van der Waals surface area (Å²) >= 11 is 0. The highest BCUT2D eigenvalue weighted by Crippen LogP contribution is 2.30. The summed E-state index contributed by atoms with van der Waals surface area (Å²) in [7, 11) is 0. The zero-order valence-corrected chi connectivity index (χ0v) is 14.5. The number of carbonyl (C=O) groups is 2. The average molecular weight is 355 g/mol. The number of carboxylic acids is 1. The minimum atomic E-state index is -1.36. The van der Waals surface area contributed by atoms with Crippen LogP contribution in [0.1, 0.15) is 23.7 Å². The van der Waals surface area contributed by atoms with E-state index in [9.17, 15) is 14.7 Å². The van der Waals surface area contributed by atoms with Crippen LogP contribution in [-0.4, -0.2) is 42.3 Å². The fraction of sp³-hybridized carbons (Fsp3) is 0.300. The average Bonchev–Trinajstić information content (AvgIpc) is 3.12. The molecular weight excluding hydrogens is 334 g/mol. The van der Waals surface area contributed by atoms with Crippen LogP contribution in [0.4, 0.5) is 0 Å². The van der Waals surface area contributed by atoms with Gasteiger partial charge in [-0.05, 0) is 30.7 Å². The second-order valence-corrected chi connectivity index (χ2v) is 6.15. The standard InChI is InChI=1S/C20H21NO5/c1-2-26-17-9-4-3-8-16(17)14-6-5-7-15(12-14)18(22)21-20(19(23)24)10-11-25-13-20/h3-9,12H,2,10-11,13H2,1H3,(H,21,22)(H,23,24). The van der Waals surface area contributed by atoms with Crippen LogP contribution in [0, 0.1) is 0 Å². The van der Waals surface area contributed by atoms with Gasteiger partial charge in [-0.1, -0.05) is 30.3 Å². The molecule has 1 heterocycles. The normalized spacial score (nSPS) is 19.1. The Labute approximate surface area is 151 Å². The number of benzene rings is 2.